The molecule has 2 unspecified atom stereocenters. The molecule has 1 saturated heterocycles. The van der Waals surface area contributed by atoms with Crippen LogP contribution < -0.4 is 11.3 Å². The molecular formula is C10H13N5O4. The van der Waals surface area contributed by atoms with Gasteiger partial charge in [0.15, 0.2) is 17.5 Å². The van der Waals surface area contributed by atoms with Crippen molar-refractivity contribution >= 4 is 17.1 Å². The molecule has 102 valence electrons. The van der Waals surface area contributed by atoms with Gasteiger partial charge in [0.1, 0.15) is 6.10 Å². The number of nitrogen functional groups attached to an aromatic ring is 1. The molecule has 0 amide bonds. The Morgan fingerprint density at radius 3 is 3.21 bits per heavy atom. The Morgan fingerprint density at radius 2 is 2.47 bits per heavy atom. The van der Waals surface area contributed by atoms with Gasteiger partial charge in [0.2, 0.25) is 5.95 Å². The fourth-order valence-corrected chi connectivity index (χ4v) is 2.02. The lowest BCUT2D eigenvalue weighted by atomic mass is 10.4. The molecule has 2 aromatic heterocycles. The van der Waals surface area contributed by atoms with Crippen molar-refractivity contribution in [1.29, 1.82) is 0 Å². The number of nitrogens with two attached hydrogens (primary N) is 1. The molecule has 2 aromatic rings. The topological polar surface area (TPSA) is 128 Å². The van der Waals surface area contributed by atoms with Crippen molar-refractivity contribution in [2.75, 3.05) is 18.9 Å². The summed E-state index contributed by atoms with van der Waals surface area (Å²) in [6, 6.07) is 0. The van der Waals surface area contributed by atoms with Crippen molar-refractivity contribution in [1.82, 2.24) is 19.5 Å². The predicted octanol–water partition coefficient (Wildman–Crippen LogP) is -1.56. The lowest BCUT2D eigenvalue weighted by molar-refractivity contribution is -0.0891. The smallest absolute Gasteiger partial charge is 0.280 e. The van der Waals surface area contributed by atoms with E-state index in [0.29, 0.717) is 18.8 Å². The van der Waals surface area contributed by atoms with Gasteiger partial charge in [-0.1, -0.05) is 0 Å². The maximum Gasteiger partial charge on any atom is 0.280 e. The number of fused-ring (bicyclic) bond motifs is 1. The van der Waals surface area contributed by atoms with Crippen molar-refractivity contribution in [3.05, 3.63) is 16.7 Å². The minimum absolute atomic E-state index is 0.0380. The molecule has 1 aliphatic rings. The number of aromatic nitrogens is 4. The van der Waals surface area contributed by atoms with Crippen LogP contribution in [0.3, 0.4) is 0 Å². The standard InChI is InChI=1S/C10H13N5O4/c11-10-13-8-7(9(17)14-10)12-4-15(8)1-5-3-18-6(2-16)19-5/h4-6,16H,1-3H2,(H3,11,13,14,17). The summed E-state index contributed by atoms with van der Waals surface area (Å²) >= 11 is 0. The minimum atomic E-state index is -0.596. The summed E-state index contributed by atoms with van der Waals surface area (Å²) < 4.78 is 12.3. The van der Waals surface area contributed by atoms with E-state index in [-0.39, 0.29) is 29.7 Å². The zero-order valence-corrected chi connectivity index (χ0v) is 9.94. The zero-order valence-electron chi connectivity index (χ0n) is 9.94. The average molecular weight is 267 g/mol. The van der Waals surface area contributed by atoms with Gasteiger partial charge >= 0.3 is 0 Å². The van der Waals surface area contributed by atoms with E-state index in [9.17, 15) is 4.79 Å². The van der Waals surface area contributed by atoms with Crippen LogP contribution in [0, 0.1) is 0 Å². The molecule has 19 heavy (non-hydrogen) atoms. The molecule has 0 saturated carbocycles. The van der Waals surface area contributed by atoms with Crippen LogP contribution in [0.5, 0.6) is 0 Å². The van der Waals surface area contributed by atoms with Crippen molar-refractivity contribution in [2.45, 2.75) is 18.9 Å². The summed E-state index contributed by atoms with van der Waals surface area (Å²) in [6.07, 6.45) is 0.681. The van der Waals surface area contributed by atoms with Crippen LogP contribution >= 0.6 is 0 Å². The van der Waals surface area contributed by atoms with Gasteiger partial charge in [-0.2, -0.15) is 4.98 Å². The Hall–Kier alpha value is -1.97. The number of aliphatic hydroxyl groups excluding tert-OH is 1. The summed E-state index contributed by atoms with van der Waals surface area (Å²) in [4.78, 5) is 22.0. The molecule has 3 rings (SSSR count). The Kier molecular flexibility index (Phi) is 2.93. The number of hydrogen-bond donors (Lipinski definition) is 3. The highest BCUT2D eigenvalue weighted by Gasteiger charge is 2.26. The lowest BCUT2D eigenvalue weighted by Crippen LogP contribution is -2.21. The third-order valence-corrected chi connectivity index (χ3v) is 2.85. The molecule has 9 heteroatoms. The van der Waals surface area contributed by atoms with Gasteiger partial charge in [-0.25, -0.2) is 4.98 Å². The van der Waals surface area contributed by atoms with Gasteiger partial charge < -0.3 is 24.9 Å². The first-order valence-corrected chi connectivity index (χ1v) is 5.76. The molecule has 1 aliphatic heterocycles. The van der Waals surface area contributed by atoms with Gasteiger partial charge in [-0.05, 0) is 0 Å². The van der Waals surface area contributed by atoms with E-state index in [2.05, 4.69) is 15.0 Å². The third-order valence-electron chi connectivity index (χ3n) is 2.85. The number of aliphatic hydroxyl groups is 1. The molecule has 3 heterocycles. The van der Waals surface area contributed by atoms with Crippen molar-refractivity contribution < 1.29 is 14.6 Å². The number of nitrogens with zero attached hydrogens (tertiary/aromatic N) is 3. The summed E-state index contributed by atoms with van der Waals surface area (Å²) in [5, 5.41) is 8.91. The number of hydrogen-bond acceptors (Lipinski definition) is 7. The quantitative estimate of drug-likeness (QED) is 0.613. The van der Waals surface area contributed by atoms with Crippen molar-refractivity contribution in [2.24, 2.45) is 0 Å². The van der Waals surface area contributed by atoms with Crippen LogP contribution in [0.4, 0.5) is 5.95 Å². The number of nitrogens with one attached hydrogen (secondary N) is 1. The third kappa shape index (κ3) is 2.18. The maximum absolute atomic E-state index is 11.6. The van der Waals surface area contributed by atoms with Crippen LogP contribution in [-0.2, 0) is 16.0 Å². The van der Waals surface area contributed by atoms with E-state index in [1.54, 1.807) is 4.57 Å². The Bertz CT molecular complexity index is 651. The monoisotopic (exact) mass is 267 g/mol. The van der Waals surface area contributed by atoms with Crippen molar-refractivity contribution in [3.63, 3.8) is 0 Å². The van der Waals surface area contributed by atoms with Gasteiger partial charge in [-0.15, -0.1) is 0 Å². The molecule has 0 aliphatic carbocycles. The minimum Gasteiger partial charge on any atom is -0.391 e. The molecule has 4 N–H and O–H groups in total. The van der Waals surface area contributed by atoms with Gasteiger partial charge in [-0.3, -0.25) is 9.78 Å². The molecule has 1 fully saturated rings. The van der Waals surface area contributed by atoms with Gasteiger partial charge in [0.05, 0.1) is 26.1 Å². The fraction of sp³-hybridized carbons (Fsp3) is 0.500. The number of imidazole rings is 1. The van der Waals surface area contributed by atoms with E-state index < -0.39 is 6.29 Å². The highest BCUT2D eigenvalue weighted by molar-refractivity contribution is 5.70. The highest BCUT2D eigenvalue weighted by atomic mass is 16.7. The Morgan fingerprint density at radius 1 is 1.63 bits per heavy atom. The zero-order chi connectivity index (χ0) is 13.4. The van der Waals surface area contributed by atoms with E-state index in [1.165, 1.54) is 6.33 Å². The van der Waals surface area contributed by atoms with Gasteiger partial charge in [0, 0.05) is 0 Å². The van der Waals surface area contributed by atoms with E-state index in [4.69, 9.17) is 20.3 Å². The molecule has 0 spiro atoms. The number of anilines is 1. The second-order valence-corrected chi connectivity index (χ2v) is 4.22. The molecule has 0 bridgehead atoms. The number of rotatable bonds is 3. The van der Waals surface area contributed by atoms with E-state index in [0.717, 1.165) is 0 Å². The normalized spacial score (nSPS) is 23.2. The molecule has 2 atom stereocenters. The maximum atomic E-state index is 11.6. The van der Waals surface area contributed by atoms with Crippen LogP contribution in [0.25, 0.3) is 11.2 Å². The Labute approximate surface area is 107 Å². The number of aromatic amines is 1. The second-order valence-electron chi connectivity index (χ2n) is 4.22. The van der Waals surface area contributed by atoms with E-state index >= 15 is 0 Å². The van der Waals surface area contributed by atoms with E-state index in [1.807, 2.05) is 0 Å². The predicted molar refractivity (Wildman–Crippen MR) is 64.3 cm³/mol. The van der Waals surface area contributed by atoms with Crippen LogP contribution in [-0.4, -0.2) is 50.2 Å². The van der Waals surface area contributed by atoms with Crippen molar-refractivity contribution in [3.8, 4) is 0 Å². The molecule has 9 nitrogen and oxygen atoms in total. The SMILES string of the molecule is Nc1nc2c(ncn2CC2COC(CO)O2)c(=O)[nH]1. The first kappa shape index (κ1) is 12.1. The van der Waals surface area contributed by atoms with Crippen LogP contribution in [0.15, 0.2) is 11.1 Å². The summed E-state index contributed by atoms with van der Waals surface area (Å²) in [5.74, 6) is 0.0380. The highest BCUT2D eigenvalue weighted by Crippen LogP contribution is 2.15. The molecule has 0 radical (unpaired) electrons. The van der Waals surface area contributed by atoms with Crippen LogP contribution in [0.2, 0.25) is 0 Å². The van der Waals surface area contributed by atoms with Gasteiger partial charge in [0.25, 0.3) is 5.56 Å². The first-order valence-electron chi connectivity index (χ1n) is 5.76. The molecule has 0 aromatic carbocycles. The lowest BCUT2D eigenvalue weighted by Gasteiger charge is -2.10. The Balaban J connectivity index is 1.88. The summed E-state index contributed by atoms with van der Waals surface area (Å²) in [6.45, 7) is 0.596. The number of H-pyrrole nitrogens is 1. The van der Waals surface area contributed by atoms with Crippen LogP contribution in [0.1, 0.15) is 0 Å². The number of ether oxygens (including phenoxy) is 2. The summed E-state index contributed by atoms with van der Waals surface area (Å²) in [5.41, 5.74) is 5.76. The molecular weight excluding hydrogens is 254 g/mol. The largest absolute Gasteiger partial charge is 0.391 e. The summed E-state index contributed by atoms with van der Waals surface area (Å²) in [7, 11) is 0. The second kappa shape index (κ2) is 4.61. The fourth-order valence-electron chi connectivity index (χ4n) is 2.02. The average Bonchev–Trinajstić information content (AvgIpc) is 2.97. The first-order chi connectivity index (χ1) is 9.17.